The van der Waals surface area contributed by atoms with E-state index in [1.807, 2.05) is 0 Å². The summed E-state index contributed by atoms with van der Waals surface area (Å²) >= 11 is 0.965. The first kappa shape index (κ1) is 76.5. The third-order valence-electron chi connectivity index (χ3n) is 13.7. The maximum Gasteiger partial charge on any atom is 0.250 e. The monoisotopic (exact) mass is 1330 g/mol. The number of amides is 8. The Kier molecular flexibility index (Phi) is 35.3. The fraction of sp³-hybridized carbons (Fsp3) is 0.655. The Morgan fingerprint density at radius 1 is 0.589 bits per heavy atom. The quantitative estimate of drug-likeness (QED) is 0.0164. The standard InChI is InChI=1S/C58H82N6O23S3/c1-39(65)57(40(2)66,41(3)67)47(69)13-19-79-23-27-83-31-34-86-30-26-82-22-16-60-55(77)45(62-51(73)37-87-36-50(72)61-44-8-5-43(6-9-44)7-10-52(74)63-18-12-53(63)75)38-88-46-35-54(76)64(56(46)78)17-11-49(71)59-15-21-81-25-29-85-33-32-84-28-24-80-20-14-48(70)58(42(4)68)89-90-58/h5-6,8-9,45-46H,7,10-38H2,1-4H3,(H,59,71)(H,60,77)(H,61,72)(H,62,73)/t45-,46?/m0/s1. The van der Waals surface area contributed by atoms with Crippen LogP contribution in [-0.2, 0) is 116 Å². The van der Waals surface area contributed by atoms with Crippen LogP contribution in [-0.4, -0.2) is 258 Å². The molecule has 0 radical (unpaired) electrons. The second-order valence-corrected chi connectivity index (χ2v) is 24.4. The predicted molar refractivity (Wildman–Crippen MR) is 325 cm³/mol. The molecule has 32 heteroatoms. The number of β-lactam (4-membered cyclic amide) rings is 1. The van der Waals surface area contributed by atoms with Crippen LogP contribution in [0.2, 0.25) is 0 Å². The Hall–Kier alpha value is -5.91. The minimum absolute atomic E-state index is 0.00328. The SMILES string of the molecule is CC(=O)C1(C(=O)CCOCCOCCOCCOCCNC(=O)CCN2C(=O)CC(SC[C@H](NC(=O)COCC(=O)Nc3ccc(CCC(=O)N4CCC4=O)cc3)C(=O)NCCOCCOCCOCCOCCC(=O)C(C(C)=O)(C(C)=O)C(C)=O)C2=O)SS1. The van der Waals surface area contributed by atoms with E-state index >= 15 is 0 Å². The third-order valence-corrected chi connectivity index (χ3v) is 18.1. The number of rotatable bonds is 52. The van der Waals surface area contributed by atoms with Gasteiger partial charge in [-0.15, -0.1) is 11.8 Å². The number of ether oxygens (including phenoxy) is 9. The Balaban J connectivity index is 1.10. The summed E-state index contributed by atoms with van der Waals surface area (Å²) in [6, 6.07) is 5.47. The first-order valence-electron chi connectivity index (χ1n) is 29.3. The molecule has 29 nitrogen and oxygen atoms in total. The van der Waals surface area contributed by atoms with Crippen molar-refractivity contribution < 1.29 is 110 Å². The molecule has 3 fully saturated rings. The van der Waals surface area contributed by atoms with Crippen LogP contribution in [0.5, 0.6) is 0 Å². The van der Waals surface area contributed by atoms with Crippen LogP contribution < -0.4 is 21.3 Å². The number of hydrogen-bond donors (Lipinski definition) is 4. The molecule has 3 heterocycles. The summed E-state index contributed by atoms with van der Waals surface area (Å²) in [6.07, 6.45) is 0.387. The van der Waals surface area contributed by atoms with Gasteiger partial charge in [-0.1, -0.05) is 33.7 Å². The molecular weight excluding hydrogens is 1240 g/mol. The molecule has 3 saturated heterocycles. The molecule has 0 aromatic heterocycles. The summed E-state index contributed by atoms with van der Waals surface area (Å²) in [5, 5.41) is 9.62. The van der Waals surface area contributed by atoms with Gasteiger partial charge in [-0.25, -0.2) is 0 Å². The number of likely N-dealkylation sites (tertiary alicyclic amines) is 2. The molecule has 0 bridgehead atoms. The Morgan fingerprint density at radius 3 is 1.58 bits per heavy atom. The average Bonchev–Trinajstić information content (AvgIpc) is 1.49. The fourth-order valence-corrected chi connectivity index (χ4v) is 12.1. The van der Waals surface area contributed by atoms with E-state index in [1.54, 1.807) is 24.3 Å². The van der Waals surface area contributed by atoms with Gasteiger partial charge in [0, 0.05) is 76.1 Å². The molecule has 3 aliphatic heterocycles. The zero-order valence-corrected chi connectivity index (χ0v) is 53.6. The number of anilines is 1. The molecule has 4 N–H and O–H groups in total. The molecule has 90 heavy (non-hydrogen) atoms. The van der Waals surface area contributed by atoms with Crippen LogP contribution in [0.1, 0.15) is 71.8 Å². The van der Waals surface area contributed by atoms with Gasteiger partial charge in [0.1, 0.15) is 19.3 Å². The van der Waals surface area contributed by atoms with Crippen LogP contribution >= 0.6 is 33.3 Å². The molecule has 1 aromatic rings. The van der Waals surface area contributed by atoms with E-state index in [0.717, 1.165) is 43.0 Å². The molecule has 2 atom stereocenters. The van der Waals surface area contributed by atoms with Crippen molar-refractivity contribution in [1.82, 2.24) is 25.8 Å². The summed E-state index contributed by atoms with van der Waals surface area (Å²) in [6.45, 7) is 6.73. The van der Waals surface area contributed by atoms with Gasteiger partial charge in [0.05, 0.1) is 111 Å². The molecule has 0 spiro atoms. The normalized spacial score (nSPS) is 15.4. The Bertz CT molecular complexity index is 2610. The first-order chi connectivity index (χ1) is 43.1. The zero-order chi connectivity index (χ0) is 65.9. The van der Waals surface area contributed by atoms with Gasteiger partial charge in [-0.2, -0.15) is 0 Å². The van der Waals surface area contributed by atoms with Crippen LogP contribution in [0.3, 0.4) is 0 Å². The lowest BCUT2D eigenvalue weighted by atomic mass is 9.72. The summed E-state index contributed by atoms with van der Waals surface area (Å²) in [5.41, 5.74) is -1.07. The van der Waals surface area contributed by atoms with Crippen molar-refractivity contribution in [3.63, 3.8) is 0 Å². The van der Waals surface area contributed by atoms with E-state index < -0.39 is 92.6 Å². The van der Waals surface area contributed by atoms with Crippen molar-refractivity contribution >= 4 is 121 Å². The van der Waals surface area contributed by atoms with Crippen molar-refractivity contribution in [2.75, 3.05) is 156 Å². The molecule has 500 valence electrons. The molecule has 0 saturated carbocycles. The lowest BCUT2D eigenvalue weighted by molar-refractivity contribution is -0.155. The topological polar surface area (TPSA) is 377 Å². The highest BCUT2D eigenvalue weighted by Gasteiger charge is 2.57. The minimum atomic E-state index is -2.32. The zero-order valence-electron chi connectivity index (χ0n) is 51.2. The lowest BCUT2D eigenvalue weighted by Crippen LogP contribution is -2.50. The van der Waals surface area contributed by atoms with Crippen molar-refractivity contribution in [2.24, 2.45) is 5.41 Å². The molecular formula is C58H82N6O23S3. The van der Waals surface area contributed by atoms with Gasteiger partial charge >= 0.3 is 0 Å². The van der Waals surface area contributed by atoms with E-state index in [9.17, 15) is 67.1 Å². The van der Waals surface area contributed by atoms with Gasteiger partial charge in [-0.05, 0) is 51.8 Å². The average molecular weight is 1330 g/mol. The lowest BCUT2D eigenvalue weighted by Gasteiger charge is -2.28. The molecule has 3 aliphatic rings. The minimum Gasteiger partial charge on any atom is -0.379 e. The van der Waals surface area contributed by atoms with Crippen LogP contribution in [0, 0.1) is 5.41 Å². The van der Waals surface area contributed by atoms with Crippen molar-refractivity contribution in [1.29, 1.82) is 0 Å². The maximum atomic E-state index is 13.5. The van der Waals surface area contributed by atoms with Gasteiger partial charge < -0.3 is 63.9 Å². The second-order valence-electron chi connectivity index (χ2n) is 20.4. The van der Waals surface area contributed by atoms with Crippen molar-refractivity contribution in [3.05, 3.63) is 29.8 Å². The highest BCUT2D eigenvalue weighted by Crippen LogP contribution is 2.66. The number of aryl methyl sites for hydroxylation is 1. The number of carbonyl (C=O) groups excluding carboxylic acids is 14. The van der Waals surface area contributed by atoms with Gasteiger partial charge in [0.15, 0.2) is 38.8 Å². The van der Waals surface area contributed by atoms with E-state index in [2.05, 4.69) is 21.3 Å². The number of benzene rings is 1. The molecule has 1 aromatic carbocycles. The number of imide groups is 2. The molecule has 4 rings (SSSR count). The summed E-state index contributed by atoms with van der Waals surface area (Å²) in [5.74, 6) is -7.71. The third kappa shape index (κ3) is 26.4. The Morgan fingerprint density at radius 2 is 1.09 bits per heavy atom. The van der Waals surface area contributed by atoms with Crippen LogP contribution in [0.15, 0.2) is 24.3 Å². The predicted octanol–water partition coefficient (Wildman–Crippen LogP) is -0.214. The molecule has 1 unspecified atom stereocenters. The van der Waals surface area contributed by atoms with Crippen molar-refractivity contribution in [3.8, 4) is 0 Å². The van der Waals surface area contributed by atoms with E-state index in [-0.39, 0.29) is 160 Å². The number of thioether (sulfide) groups is 1. The number of Topliss-reactive ketones (excluding diaryl/α,β-unsaturated/α-hetero) is 6. The molecule has 0 aliphatic carbocycles. The maximum absolute atomic E-state index is 13.5. The van der Waals surface area contributed by atoms with Crippen LogP contribution in [0.25, 0.3) is 0 Å². The smallest absolute Gasteiger partial charge is 0.250 e. The van der Waals surface area contributed by atoms with Gasteiger partial charge in [0.2, 0.25) is 52.7 Å². The number of carbonyl (C=O) groups is 14. The molecule has 8 amide bonds. The second kappa shape index (κ2) is 41.5. The highest BCUT2D eigenvalue weighted by molar-refractivity contribution is 8.94. The van der Waals surface area contributed by atoms with E-state index in [4.69, 9.17) is 42.6 Å². The van der Waals surface area contributed by atoms with E-state index in [0.29, 0.717) is 51.5 Å². The van der Waals surface area contributed by atoms with E-state index in [1.165, 1.54) is 33.4 Å². The fourth-order valence-electron chi connectivity index (χ4n) is 8.72. The van der Waals surface area contributed by atoms with Crippen molar-refractivity contribution in [2.45, 2.75) is 88.0 Å². The summed E-state index contributed by atoms with van der Waals surface area (Å²) in [4.78, 5) is 177. The number of nitrogens with zero attached hydrogens (tertiary/aromatic N) is 2. The largest absolute Gasteiger partial charge is 0.379 e. The number of ketones is 6. The summed E-state index contributed by atoms with van der Waals surface area (Å²) < 4.78 is 48.0. The highest BCUT2D eigenvalue weighted by atomic mass is 33.2. The number of hydrogen-bond acceptors (Lipinski definition) is 26. The Labute approximate surface area is 533 Å². The summed E-state index contributed by atoms with van der Waals surface area (Å²) in [7, 11) is 2.54. The number of nitrogens with one attached hydrogen (secondary N) is 4. The van der Waals surface area contributed by atoms with Gasteiger partial charge in [-0.3, -0.25) is 76.9 Å². The van der Waals surface area contributed by atoms with Crippen LogP contribution in [0.4, 0.5) is 5.69 Å². The van der Waals surface area contributed by atoms with Gasteiger partial charge in [0.25, 0.3) is 0 Å². The first-order valence-corrected chi connectivity index (χ1v) is 32.5.